The highest BCUT2D eigenvalue weighted by molar-refractivity contribution is 7.50. The summed E-state index contributed by atoms with van der Waals surface area (Å²) in [6.45, 7) is 1.96. The largest absolute Gasteiger partial charge is 0.573 e. The lowest BCUT2D eigenvalue weighted by atomic mass is 10.1. The van der Waals surface area contributed by atoms with E-state index >= 15 is 0 Å². The standard InChI is InChI=1S/C25H22F3O2S/c1-24(14-6-7-15-24)29-21-16-17(12-13-20(21)30-25(26,27)28)31-22-10-4-2-8-18(22)19-9-3-5-11-23(19)31/h2-5,8-13,16H,6-7,14-15H2,1H3/q+1. The fraction of sp³-hybridized carbons (Fsp3) is 0.280. The zero-order chi connectivity index (χ0) is 21.6. The van der Waals surface area contributed by atoms with Gasteiger partial charge in [-0.15, -0.1) is 13.2 Å². The summed E-state index contributed by atoms with van der Waals surface area (Å²) in [5, 5.41) is 2.34. The zero-order valence-corrected chi connectivity index (χ0v) is 17.9. The van der Waals surface area contributed by atoms with Gasteiger partial charge in [0.2, 0.25) is 0 Å². The van der Waals surface area contributed by atoms with E-state index < -0.39 is 22.4 Å². The first-order valence-electron chi connectivity index (χ1n) is 10.3. The van der Waals surface area contributed by atoms with Gasteiger partial charge in [-0.2, -0.15) is 0 Å². The van der Waals surface area contributed by atoms with Crippen molar-refractivity contribution in [1.82, 2.24) is 0 Å². The quantitative estimate of drug-likeness (QED) is 0.295. The van der Waals surface area contributed by atoms with Crippen LogP contribution >= 0.6 is 10.5 Å². The Labute approximate surface area is 181 Å². The minimum absolute atomic E-state index is 0.161. The van der Waals surface area contributed by atoms with Gasteiger partial charge in [-0.25, -0.2) is 0 Å². The van der Waals surface area contributed by atoms with E-state index in [-0.39, 0.29) is 11.5 Å². The number of hydrogen-bond acceptors (Lipinski definition) is 2. The molecule has 0 radical (unpaired) electrons. The van der Waals surface area contributed by atoms with Crippen molar-refractivity contribution < 1.29 is 22.6 Å². The van der Waals surface area contributed by atoms with Gasteiger partial charge < -0.3 is 9.47 Å². The maximum atomic E-state index is 13.1. The Bertz CT molecular complexity index is 1200. The third-order valence-corrected chi connectivity index (χ3v) is 8.22. The summed E-state index contributed by atoms with van der Waals surface area (Å²) in [4.78, 5) is 0.920. The molecule has 31 heavy (non-hydrogen) atoms. The van der Waals surface area contributed by atoms with Crippen molar-refractivity contribution in [1.29, 1.82) is 0 Å². The number of thiophene rings is 1. The van der Waals surface area contributed by atoms with Gasteiger partial charge >= 0.3 is 6.36 Å². The molecular formula is C25H22F3O2S+. The van der Waals surface area contributed by atoms with Crippen LogP contribution in [0.4, 0.5) is 13.2 Å². The Hall–Kier alpha value is -2.73. The smallest absolute Gasteiger partial charge is 0.483 e. The van der Waals surface area contributed by atoms with Crippen molar-refractivity contribution in [2.75, 3.05) is 0 Å². The van der Waals surface area contributed by atoms with Gasteiger partial charge in [0, 0.05) is 33.4 Å². The first-order chi connectivity index (χ1) is 14.8. The molecule has 0 N–H and O–H groups in total. The van der Waals surface area contributed by atoms with E-state index in [1.807, 2.05) is 31.2 Å². The lowest BCUT2D eigenvalue weighted by Gasteiger charge is -2.27. The molecule has 1 aliphatic carbocycles. The summed E-state index contributed by atoms with van der Waals surface area (Å²) < 4.78 is 52.0. The predicted octanol–water partition coefficient (Wildman–Crippen LogP) is 8.34. The van der Waals surface area contributed by atoms with Crippen LogP contribution < -0.4 is 9.47 Å². The third-order valence-electron chi connectivity index (χ3n) is 5.90. The molecule has 1 heterocycles. The van der Waals surface area contributed by atoms with Crippen molar-refractivity contribution >= 4 is 30.6 Å². The molecule has 1 aliphatic rings. The van der Waals surface area contributed by atoms with E-state index in [0.29, 0.717) is 0 Å². The van der Waals surface area contributed by atoms with Gasteiger partial charge in [-0.05, 0) is 62.9 Å². The molecule has 5 rings (SSSR count). The van der Waals surface area contributed by atoms with Crippen LogP contribution in [0.15, 0.2) is 66.7 Å². The normalized spacial score (nSPS) is 16.1. The average Bonchev–Trinajstić information content (AvgIpc) is 3.30. The fourth-order valence-electron chi connectivity index (χ4n) is 4.50. The third kappa shape index (κ3) is 3.85. The minimum atomic E-state index is -4.77. The molecule has 1 fully saturated rings. The number of rotatable bonds is 4. The van der Waals surface area contributed by atoms with E-state index in [0.717, 1.165) is 30.6 Å². The number of fused-ring (bicyclic) bond motifs is 3. The van der Waals surface area contributed by atoms with Gasteiger partial charge in [0.05, 0.1) is 0 Å². The Kier molecular flexibility index (Phi) is 4.85. The molecule has 1 aromatic heterocycles. The number of halogens is 3. The van der Waals surface area contributed by atoms with Gasteiger partial charge in [0.1, 0.15) is 5.60 Å². The van der Waals surface area contributed by atoms with Crippen LogP contribution in [0.1, 0.15) is 32.6 Å². The van der Waals surface area contributed by atoms with Gasteiger partial charge in [0.25, 0.3) is 0 Å². The highest BCUT2D eigenvalue weighted by Crippen LogP contribution is 2.50. The van der Waals surface area contributed by atoms with Crippen molar-refractivity contribution in [2.24, 2.45) is 0 Å². The van der Waals surface area contributed by atoms with Crippen LogP contribution in [0.3, 0.4) is 0 Å². The molecule has 160 valence electrons. The van der Waals surface area contributed by atoms with Gasteiger partial charge in [0.15, 0.2) is 25.8 Å². The first kappa shape index (κ1) is 20.2. The van der Waals surface area contributed by atoms with Crippen LogP contribution in [0.5, 0.6) is 11.5 Å². The SMILES string of the molecule is CC1(Oc2cc(-[s+]3c4ccccc4c4ccccc43)ccc2OC(F)(F)F)CCCC1. The highest BCUT2D eigenvalue weighted by Gasteiger charge is 2.36. The first-order valence-corrected chi connectivity index (χ1v) is 11.6. The Morgan fingerprint density at radius 1 is 0.806 bits per heavy atom. The molecule has 1 saturated carbocycles. The average molecular weight is 444 g/mol. The second-order valence-electron chi connectivity index (χ2n) is 8.21. The molecule has 0 bridgehead atoms. The summed E-state index contributed by atoms with van der Waals surface area (Å²) in [6.07, 6.45) is -1.11. The lowest BCUT2D eigenvalue weighted by Crippen LogP contribution is -2.28. The molecule has 0 atom stereocenters. The minimum Gasteiger partial charge on any atom is -0.483 e. The summed E-state index contributed by atoms with van der Waals surface area (Å²) in [6, 6.07) is 21.3. The van der Waals surface area contributed by atoms with Crippen LogP contribution in [0.2, 0.25) is 0 Å². The van der Waals surface area contributed by atoms with E-state index in [2.05, 4.69) is 29.0 Å². The Morgan fingerprint density at radius 2 is 1.39 bits per heavy atom. The second-order valence-corrected chi connectivity index (χ2v) is 10.2. The number of ether oxygens (including phenoxy) is 2. The topological polar surface area (TPSA) is 18.5 Å². The molecule has 0 saturated heterocycles. The predicted molar refractivity (Wildman–Crippen MR) is 119 cm³/mol. The second kappa shape index (κ2) is 7.45. The molecule has 0 aliphatic heterocycles. The summed E-state index contributed by atoms with van der Waals surface area (Å²) >= 11 is 0. The number of benzene rings is 3. The van der Waals surface area contributed by atoms with Gasteiger partial charge in [-0.3, -0.25) is 0 Å². The molecule has 3 aromatic carbocycles. The van der Waals surface area contributed by atoms with Crippen LogP contribution in [0, 0.1) is 0 Å². The lowest BCUT2D eigenvalue weighted by molar-refractivity contribution is -0.275. The molecule has 6 heteroatoms. The fourth-order valence-corrected chi connectivity index (χ4v) is 6.90. The maximum Gasteiger partial charge on any atom is 0.573 e. The highest BCUT2D eigenvalue weighted by atomic mass is 32.2. The molecule has 0 spiro atoms. The molecular weight excluding hydrogens is 421 g/mol. The maximum absolute atomic E-state index is 13.1. The van der Waals surface area contributed by atoms with Crippen molar-refractivity contribution in [2.45, 2.75) is 44.6 Å². The molecule has 0 unspecified atom stereocenters. The molecule has 0 amide bonds. The van der Waals surface area contributed by atoms with Crippen molar-refractivity contribution in [3.63, 3.8) is 0 Å². The zero-order valence-electron chi connectivity index (χ0n) is 17.0. The Balaban J connectivity index is 1.69. The van der Waals surface area contributed by atoms with Crippen molar-refractivity contribution in [3.8, 4) is 16.4 Å². The molecule has 2 nitrogen and oxygen atoms in total. The summed E-state index contributed by atoms with van der Waals surface area (Å²) in [5.41, 5.74) is -0.475. The Morgan fingerprint density at radius 3 is 1.97 bits per heavy atom. The van der Waals surface area contributed by atoms with E-state index in [1.54, 1.807) is 12.1 Å². The monoisotopic (exact) mass is 443 g/mol. The van der Waals surface area contributed by atoms with Crippen LogP contribution in [-0.2, 0) is 0 Å². The van der Waals surface area contributed by atoms with Crippen LogP contribution in [-0.4, -0.2) is 12.0 Å². The number of hydrogen-bond donors (Lipinski definition) is 0. The summed E-state index contributed by atoms with van der Waals surface area (Å²) in [5.74, 6) is -0.123. The van der Waals surface area contributed by atoms with Crippen molar-refractivity contribution in [3.05, 3.63) is 66.7 Å². The van der Waals surface area contributed by atoms with Crippen LogP contribution in [0.25, 0.3) is 25.1 Å². The van der Waals surface area contributed by atoms with E-state index in [4.69, 9.17) is 4.74 Å². The molecule has 4 aromatic rings. The van der Waals surface area contributed by atoms with E-state index in [1.165, 1.54) is 26.2 Å². The number of alkyl halides is 3. The van der Waals surface area contributed by atoms with E-state index in [9.17, 15) is 13.2 Å². The summed E-state index contributed by atoms with van der Waals surface area (Å²) in [7, 11) is -0.416. The van der Waals surface area contributed by atoms with Gasteiger partial charge in [-0.1, -0.05) is 24.3 Å².